The zero-order valence-electron chi connectivity index (χ0n) is 12.3. The van der Waals surface area contributed by atoms with E-state index >= 15 is 0 Å². The van der Waals surface area contributed by atoms with Gasteiger partial charge in [0.15, 0.2) is 0 Å². The Morgan fingerprint density at radius 2 is 1.85 bits per heavy atom. The standard InChI is InChI=1S/C18H21NO/c1-11-7-8-17-15(9-11)16(19)10-18(20-17)14-6-4-5-12(2)13(14)3/h4-9,16,18H,10,19H2,1-3H3. The molecule has 104 valence electrons. The summed E-state index contributed by atoms with van der Waals surface area (Å²) in [6.45, 7) is 6.38. The molecule has 0 bridgehead atoms. The number of nitrogens with two attached hydrogens (primary N) is 1. The van der Waals surface area contributed by atoms with Gasteiger partial charge in [-0.15, -0.1) is 0 Å². The number of aryl methyl sites for hydroxylation is 2. The number of hydrogen-bond acceptors (Lipinski definition) is 2. The summed E-state index contributed by atoms with van der Waals surface area (Å²) in [7, 11) is 0. The Bertz CT molecular complexity index is 648. The van der Waals surface area contributed by atoms with E-state index in [1.54, 1.807) is 0 Å². The highest BCUT2D eigenvalue weighted by Crippen LogP contribution is 2.41. The van der Waals surface area contributed by atoms with E-state index in [-0.39, 0.29) is 12.1 Å². The smallest absolute Gasteiger partial charge is 0.126 e. The van der Waals surface area contributed by atoms with E-state index in [1.165, 1.54) is 22.3 Å². The highest BCUT2D eigenvalue weighted by molar-refractivity contribution is 5.43. The molecule has 0 fully saturated rings. The maximum atomic E-state index is 6.35. The van der Waals surface area contributed by atoms with Crippen molar-refractivity contribution in [1.29, 1.82) is 0 Å². The second-order valence-electron chi connectivity index (χ2n) is 5.78. The van der Waals surface area contributed by atoms with Crippen molar-refractivity contribution in [3.63, 3.8) is 0 Å². The highest BCUT2D eigenvalue weighted by atomic mass is 16.5. The van der Waals surface area contributed by atoms with Crippen molar-refractivity contribution in [2.75, 3.05) is 0 Å². The van der Waals surface area contributed by atoms with E-state index in [2.05, 4.69) is 51.1 Å². The summed E-state index contributed by atoms with van der Waals surface area (Å²) in [6.07, 6.45) is 0.890. The molecule has 0 amide bonds. The minimum Gasteiger partial charge on any atom is -0.485 e. The molecular weight excluding hydrogens is 246 g/mol. The van der Waals surface area contributed by atoms with Crippen LogP contribution in [-0.4, -0.2) is 0 Å². The maximum Gasteiger partial charge on any atom is 0.126 e. The Morgan fingerprint density at radius 1 is 1.05 bits per heavy atom. The fourth-order valence-corrected chi connectivity index (χ4v) is 2.94. The lowest BCUT2D eigenvalue weighted by molar-refractivity contribution is 0.161. The molecule has 2 atom stereocenters. The molecule has 1 aliphatic rings. The molecule has 1 heterocycles. The van der Waals surface area contributed by atoms with Crippen LogP contribution in [0.4, 0.5) is 0 Å². The third-order valence-corrected chi connectivity index (χ3v) is 4.30. The van der Waals surface area contributed by atoms with Crippen molar-refractivity contribution in [3.05, 3.63) is 64.2 Å². The average Bonchev–Trinajstić information content (AvgIpc) is 2.42. The van der Waals surface area contributed by atoms with E-state index in [1.807, 2.05) is 6.07 Å². The van der Waals surface area contributed by atoms with Crippen molar-refractivity contribution in [3.8, 4) is 5.75 Å². The normalized spacial score (nSPS) is 21.2. The van der Waals surface area contributed by atoms with Gasteiger partial charge in [-0.1, -0.05) is 35.9 Å². The molecule has 0 aromatic heterocycles. The predicted molar refractivity (Wildman–Crippen MR) is 82.0 cm³/mol. The maximum absolute atomic E-state index is 6.35. The molecular formula is C18H21NO. The molecule has 2 unspecified atom stereocenters. The zero-order valence-corrected chi connectivity index (χ0v) is 12.3. The lowest BCUT2D eigenvalue weighted by Crippen LogP contribution is -2.24. The minimum absolute atomic E-state index is 0.0450. The number of hydrogen-bond donors (Lipinski definition) is 1. The second kappa shape index (κ2) is 4.95. The van der Waals surface area contributed by atoms with Crippen molar-refractivity contribution in [2.45, 2.75) is 39.3 Å². The summed E-state index contributed by atoms with van der Waals surface area (Å²) in [5.74, 6) is 0.931. The fourth-order valence-electron chi connectivity index (χ4n) is 2.94. The molecule has 3 rings (SSSR count). The molecule has 0 radical (unpaired) electrons. The van der Waals surface area contributed by atoms with E-state index in [9.17, 15) is 0 Å². The molecule has 20 heavy (non-hydrogen) atoms. The van der Waals surface area contributed by atoms with Crippen molar-refractivity contribution >= 4 is 0 Å². The van der Waals surface area contributed by atoms with Crippen LogP contribution in [0.5, 0.6) is 5.75 Å². The van der Waals surface area contributed by atoms with Crippen LogP contribution in [0.2, 0.25) is 0 Å². The van der Waals surface area contributed by atoms with Crippen LogP contribution in [-0.2, 0) is 0 Å². The van der Waals surface area contributed by atoms with Crippen molar-refractivity contribution < 1.29 is 4.74 Å². The molecule has 1 aliphatic heterocycles. The van der Waals surface area contributed by atoms with Crippen LogP contribution in [0.15, 0.2) is 36.4 Å². The molecule has 2 aromatic carbocycles. The van der Waals surface area contributed by atoms with Gasteiger partial charge in [0, 0.05) is 18.0 Å². The van der Waals surface area contributed by atoms with Crippen LogP contribution >= 0.6 is 0 Å². The first kappa shape index (κ1) is 13.2. The summed E-state index contributed by atoms with van der Waals surface area (Å²) in [5.41, 5.74) is 12.6. The van der Waals surface area contributed by atoms with Gasteiger partial charge in [-0.2, -0.15) is 0 Å². The van der Waals surface area contributed by atoms with Crippen LogP contribution < -0.4 is 10.5 Å². The van der Waals surface area contributed by atoms with E-state index in [0.29, 0.717) is 0 Å². The lowest BCUT2D eigenvalue weighted by atomic mass is 9.90. The van der Waals surface area contributed by atoms with Crippen LogP contribution in [0.25, 0.3) is 0 Å². The lowest BCUT2D eigenvalue weighted by Gasteiger charge is -2.32. The van der Waals surface area contributed by atoms with Crippen molar-refractivity contribution in [1.82, 2.24) is 0 Å². The first-order valence-electron chi connectivity index (χ1n) is 7.15. The first-order valence-corrected chi connectivity index (χ1v) is 7.15. The fraction of sp³-hybridized carbons (Fsp3) is 0.333. The summed E-state index contributed by atoms with van der Waals surface area (Å²) in [4.78, 5) is 0. The predicted octanol–water partition coefficient (Wildman–Crippen LogP) is 4.14. The third-order valence-electron chi connectivity index (χ3n) is 4.30. The monoisotopic (exact) mass is 267 g/mol. The number of fused-ring (bicyclic) bond motifs is 1. The molecule has 0 spiro atoms. The Hall–Kier alpha value is -1.80. The molecule has 0 aliphatic carbocycles. The van der Waals surface area contributed by atoms with Gasteiger partial charge in [0.05, 0.1) is 0 Å². The quantitative estimate of drug-likeness (QED) is 0.843. The minimum atomic E-state index is 0.0450. The van der Waals surface area contributed by atoms with Gasteiger partial charge in [-0.05, 0) is 43.5 Å². The number of rotatable bonds is 1. The van der Waals surface area contributed by atoms with Gasteiger partial charge in [0.2, 0.25) is 0 Å². The molecule has 0 saturated carbocycles. The number of benzene rings is 2. The molecule has 2 N–H and O–H groups in total. The van der Waals surface area contributed by atoms with Gasteiger partial charge in [-0.25, -0.2) is 0 Å². The van der Waals surface area contributed by atoms with Crippen LogP contribution in [0.3, 0.4) is 0 Å². The van der Waals surface area contributed by atoms with E-state index in [0.717, 1.165) is 17.7 Å². The van der Waals surface area contributed by atoms with Crippen LogP contribution in [0, 0.1) is 20.8 Å². The van der Waals surface area contributed by atoms with Gasteiger partial charge in [0.1, 0.15) is 11.9 Å². The summed E-state index contributed by atoms with van der Waals surface area (Å²) < 4.78 is 6.20. The highest BCUT2D eigenvalue weighted by Gasteiger charge is 2.28. The second-order valence-corrected chi connectivity index (χ2v) is 5.78. The van der Waals surface area contributed by atoms with E-state index < -0.39 is 0 Å². The average molecular weight is 267 g/mol. The summed E-state index contributed by atoms with van der Waals surface area (Å²) >= 11 is 0. The number of ether oxygens (including phenoxy) is 1. The largest absolute Gasteiger partial charge is 0.485 e. The van der Waals surface area contributed by atoms with Crippen LogP contribution in [0.1, 0.15) is 46.4 Å². The summed E-state index contributed by atoms with van der Waals surface area (Å²) in [5, 5.41) is 0. The Kier molecular flexibility index (Phi) is 3.27. The van der Waals surface area contributed by atoms with Gasteiger partial charge in [0.25, 0.3) is 0 Å². The Labute approximate surface area is 120 Å². The molecule has 2 heteroatoms. The topological polar surface area (TPSA) is 35.2 Å². The SMILES string of the molecule is Cc1ccc2c(c1)C(N)CC(c1cccc(C)c1C)O2. The van der Waals surface area contributed by atoms with Gasteiger partial charge >= 0.3 is 0 Å². The van der Waals surface area contributed by atoms with Gasteiger partial charge < -0.3 is 10.5 Å². The Morgan fingerprint density at radius 3 is 2.65 bits per heavy atom. The van der Waals surface area contributed by atoms with Crippen molar-refractivity contribution in [2.24, 2.45) is 5.73 Å². The molecule has 2 aromatic rings. The third kappa shape index (κ3) is 2.20. The zero-order chi connectivity index (χ0) is 14.3. The first-order chi connectivity index (χ1) is 9.56. The molecule has 2 nitrogen and oxygen atoms in total. The van der Waals surface area contributed by atoms with E-state index in [4.69, 9.17) is 10.5 Å². The van der Waals surface area contributed by atoms with Gasteiger partial charge in [-0.3, -0.25) is 0 Å². The summed E-state index contributed by atoms with van der Waals surface area (Å²) in [6, 6.07) is 12.7. The molecule has 0 saturated heterocycles. The Balaban J connectivity index is 1.99.